The number of aromatic nitrogens is 2. The van der Waals surface area contributed by atoms with Gasteiger partial charge in [0.1, 0.15) is 0 Å². The highest BCUT2D eigenvalue weighted by atomic mass is 16.5. The highest BCUT2D eigenvalue weighted by Gasteiger charge is 2.26. The van der Waals surface area contributed by atoms with Gasteiger partial charge in [0.05, 0.1) is 17.9 Å². The van der Waals surface area contributed by atoms with Crippen LogP contribution in [0.1, 0.15) is 28.9 Å². The van der Waals surface area contributed by atoms with Crippen LogP contribution in [0.4, 0.5) is 0 Å². The van der Waals surface area contributed by atoms with Crippen LogP contribution in [0.2, 0.25) is 0 Å². The average molecular weight is 278 g/mol. The maximum atomic E-state index is 12.4. The molecule has 1 aromatic rings. The Morgan fingerprint density at radius 3 is 2.85 bits per heavy atom. The summed E-state index contributed by atoms with van der Waals surface area (Å²) in [6.45, 7) is 7.24. The van der Waals surface area contributed by atoms with Crippen LogP contribution >= 0.6 is 0 Å². The van der Waals surface area contributed by atoms with E-state index < -0.39 is 0 Å². The van der Waals surface area contributed by atoms with Gasteiger partial charge in [-0.1, -0.05) is 0 Å². The molecule has 3 heterocycles. The molecule has 1 atom stereocenters. The van der Waals surface area contributed by atoms with Gasteiger partial charge in [-0.25, -0.2) is 0 Å². The van der Waals surface area contributed by atoms with Crippen LogP contribution in [-0.2, 0) is 4.74 Å². The Labute approximate surface area is 119 Å². The quantitative estimate of drug-likeness (QED) is 0.882. The number of ether oxygens (including phenoxy) is 1. The van der Waals surface area contributed by atoms with Gasteiger partial charge in [-0.2, -0.15) is 5.10 Å². The summed E-state index contributed by atoms with van der Waals surface area (Å²) in [6.07, 6.45) is 4.38. The lowest BCUT2D eigenvalue weighted by Crippen LogP contribution is -2.50. The van der Waals surface area contributed by atoms with Crippen molar-refractivity contribution >= 4 is 5.91 Å². The first kappa shape index (κ1) is 13.6. The number of piperazine rings is 1. The molecule has 0 aliphatic carbocycles. The predicted octanol–water partition coefficient (Wildman–Crippen LogP) is 0.655. The molecule has 0 spiro atoms. The van der Waals surface area contributed by atoms with E-state index in [1.807, 2.05) is 11.8 Å². The van der Waals surface area contributed by atoms with Gasteiger partial charge in [-0.15, -0.1) is 0 Å². The fraction of sp³-hybridized carbons (Fsp3) is 0.714. The van der Waals surface area contributed by atoms with E-state index in [1.165, 1.54) is 12.8 Å². The summed E-state index contributed by atoms with van der Waals surface area (Å²) < 4.78 is 5.67. The summed E-state index contributed by atoms with van der Waals surface area (Å²) >= 11 is 0. The molecule has 0 radical (unpaired) electrons. The zero-order chi connectivity index (χ0) is 13.9. The summed E-state index contributed by atoms with van der Waals surface area (Å²) in [5.74, 6) is 0.0908. The second kappa shape index (κ2) is 5.93. The van der Waals surface area contributed by atoms with Crippen LogP contribution in [0.3, 0.4) is 0 Å². The van der Waals surface area contributed by atoms with E-state index in [2.05, 4.69) is 15.1 Å². The van der Waals surface area contributed by atoms with Gasteiger partial charge in [0.25, 0.3) is 5.91 Å². The number of aryl methyl sites for hydroxylation is 1. The molecular weight excluding hydrogens is 256 g/mol. The molecule has 2 saturated heterocycles. The Bertz CT molecular complexity index is 459. The highest BCUT2D eigenvalue weighted by molar-refractivity contribution is 5.95. The monoisotopic (exact) mass is 278 g/mol. The minimum atomic E-state index is 0.0908. The van der Waals surface area contributed by atoms with E-state index in [0.717, 1.165) is 45.0 Å². The summed E-state index contributed by atoms with van der Waals surface area (Å²) in [4.78, 5) is 16.7. The molecule has 1 N–H and O–H groups in total. The Hall–Kier alpha value is -1.40. The number of H-pyrrole nitrogens is 1. The molecule has 0 aromatic carbocycles. The Morgan fingerprint density at radius 2 is 2.25 bits per heavy atom. The van der Waals surface area contributed by atoms with Crippen LogP contribution in [0.15, 0.2) is 6.20 Å². The van der Waals surface area contributed by atoms with Gasteiger partial charge in [0.15, 0.2) is 0 Å². The van der Waals surface area contributed by atoms with E-state index in [0.29, 0.717) is 11.7 Å². The molecule has 2 aliphatic rings. The molecule has 1 amide bonds. The smallest absolute Gasteiger partial charge is 0.257 e. The highest BCUT2D eigenvalue weighted by Crippen LogP contribution is 2.15. The maximum absolute atomic E-state index is 12.4. The zero-order valence-electron chi connectivity index (χ0n) is 12.0. The van der Waals surface area contributed by atoms with Crippen molar-refractivity contribution in [3.8, 4) is 0 Å². The van der Waals surface area contributed by atoms with Crippen molar-refractivity contribution in [2.45, 2.75) is 25.9 Å². The van der Waals surface area contributed by atoms with E-state index in [9.17, 15) is 4.79 Å². The number of amides is 1. The molecule has 6 heteroatoms. The first-order valence-corrected chi connectivity index (χ1v) is 7.37. The van der Waals surface area contributed by atoms with Gasteiger partial charge < -0.3 is 9.64 Å². The topological polar surface area (TPSA) is 61.5 Å². The summed E-state index contributed by atoms with van der Waals surface area (Å²) in [5, 5.41) is 6.74. The number of nitrogens with zero attached hydrogens (tertiary/aromatic N) is 3. The first-order chi connectivity index (χ1) is 9.74. The van der Waals surface area contributed by atoms with E-state index in [-0.39, 0.29) is 5.91 Å². The van der Waals surface area contributed by atoms with Crippen LogP contribution in [0.25, 0.3) is 0 Å². The van der Waals surface area contributed by atoms with E-state index >= 15 is 0 Å². The molecule has 3 rings (SSSR count). The minimum absolute atomic E-state index is 0.0908. The SMILES string of the molecule is Cc1[nH]ncc1C(=O)N1CCN(CC2CCCO2)CC1. The number of carbonyl (C=O) groups is 1. The fourth-order valence-electron chi connectivity index (χ4n) is 2.95. The van der Waals surface area contributed by atoms with Crippen molar-refractivity contribution in [3.05, 3.63) is 17.5 Å². The zero-order valence-corrected chi connectivity index (χ0v) is 12.0. The lowest BCUT2D eigenvalue weighted by molar-refractivity contribution is 0.0432. The molecule has 0 bridgehead atoms. The maximum Gasteiger partial charge on any atom is 0.257 e. The van der Waals surface area contributed by atoms with Gasteiger partial charge in [-0.3, -0.25) is 14.8 Å². The third kappa shape index (κ3) is 2.86. The lowest BCUT2D eigenvalue weighted by atomic mass is 10.2. The average Bonchev–Trinajstić information content (AvgIpc) is 3.10. The van der Waals surface area contributed by atoms with Crippen molar-refractivity contribution in [2.24, 2.45) is 0 Å². The molecule has 1 unspecified atom stereocenters. The number of carbonyl (C=O) groups excluding carboxylic acids is 1. The summed E-state index contributed by atoms with van der Waals surface area (Å²) in [7, 11) is 0. The largest absolute Gasteiger partial charge is 0.377 e. The number of hydrogen-bond donors (Lipinski definition) is 1. The van der Waals surface area contributed by atoms with E-state index in [4.69, 9.17) is 4.74 Å². The third-order valence-corrected chi connectivity index (χ3v) is 4.21. The van der Waals surface area contributed by atoms with Crippen LogP contribution in [0.5, 0.6) is 0 Å². The van der Waals surface area contributed by atoms with Gasteiger partial charge in [-0.05, 0) is 19.8 Å². The van der Waals surface area contributed by atoms with Crippen molar-refractivity contribution in [1.82, 2.24) is 20.0 Å². The Kier molecular flexibility index (Phi) is 4.03. The number of hydrogen-bond acceptors (Lipinski definition) is 4. The van der Waals surface area contributed by atoms with Gasteiger partial charge in [0, 0.05) is 45.0 Å². The Balaban J connectivity index is 1.50. The van der Waals surface area contributed by atoms with Crippen LogP contribution in [-0.4, -0.2) is 71.3 Å². The fourth-order valence-corrected chi connectivity index (χ4v) is 2.95. The van der Waals surface area contributed by atoms with Gasteiger partial charge >= 0.3 is 0 Å². The minimum Gasteiger partial charge on any atom is -0.377 e. The third-order valence-electron chi connectivity index (χ3n) is 4.21. The second-order valence-corrected chi connectivity index (χ2v) is 5.64. The first-order valence-electron chi connectivity index (χ1n) is 7.37. The molecule has 6 nitrogen and oxygen atoms in total. The van der Waals surface area contributed by atoms with Crippen LogP contribution < -0.4 is 0 Å². The summed E-state index contributed by atoms with van der Waals surface area (Å²) in [5.41, 5.74) is 1.54. The summed E-state index contributed by atoms with van der Waals surface area (Å²) in [6, 6.07) is 0. The number of rotatable bonds is 3. The molecule has 1 aromatic heterocycles. The van der Waals surface area contributed by atoms with Crippen molar-refractivity contribution in [3.63, 3.8) is 0 Å². The standard InChI is InChI=1S/C14H22N4O2/c1-11-13(9-15-16-11)14(19)18-6-4-17(5-7-18)10-12-3-2-8-20-12/h9,12H,2-8,10H2,1H3,(H,15,16). The Morgan fingerprint density at radius 1 is 1.45 bits per heavy atom. The predicted molar refractivity (Wildman–Crippen MR) is 74.6 cm³/mol. The van der Waals surface area contributed by atoms with Crippen LogP contribution in [0, 0.1) is 6.92 Å². The number of nitrogens with one attached hydrogen (secondary N) is 1. The normalized spacial score (nSPS) is 24.2. The molecular formula is C14H22N4O2. The van der Waals surface area contributed by atoms with Crippen molar-refractivity contribution in [1.29, 1.82) is 0 Å². The van der Waals surface area contributed by atoms with Gasteiger partial charge in [0.2, 0.25) is 0 Å². The lowest BCUT2D eigenvalue weighted by Gasteiger charge is -2.35. The van der Waals surface area contributed by atoms with E-state index in [1.54, 1.807) is 6.20 Å². The number of aromatic amines is 1. The molecule has 2 fully saturated rings. The van der Waals surface area contributed by atoms with Crippen molar-refractivity contribution in [2.75, 3.05) is 39.3 Å². The second-order valence-electron chi connectivity index (χ2n) is 5.64. The molecule has 2 aliphatic heterocycles. The molecule has 0 saturated carbocycles. The molecule has 110 valence electrons. The van der Waals surface area contributed by atoms with Crippen molar-refractivity contribution < 1.29 is 9.53 Å². The molecule has 20 heavy (non-hydrogen) atoms.